The Balaban J connectivity index is 1.25. The fourth-order valence-corrected chi connectivity index (χ4v) is 4.01. The molecule has 0 spiro atoms. The van der Waals surface area contributed by atoms with Crippen LogP contribution in [0.5, 0.6) is 5.88 Å². The number of piperidine rings is 1. The lowest BCUT2D eigenvalue weighted by molar-refractivity contribution is -0.136. The molecular formula is C22H21N5O5. The summed E-state index contributed by atoms with van der Waals surface area (Å²) in [6.45, 7) is 0.203. The van der Waals surface area contributed by atoms with Crippen LogP contribution in [0.15, 0.2) is 30.6 Å². The average molecular weight is 435 g/mol. The van der Waals surface area contributed by atoms with E-state index in [9.17, 15) is 19.2 Å². The van der Waals surface area contributed by atoms with Crippen LogP contribution >= 0.6 is 0 Å². The first-order valence-corrected chi connectivity index (χ1v) is 10.6. The molecule has 1 aromatic carbocycles. The van der Waals surface area contributed by atoms with E-state index in [1.807, 2.05) is 0 Å². The molecule has 1 atom stereocenters. The SMILES string of the molecule is O=C1CCC(N2Cc3cc(C(=O)Nc4cnc(OC5CCC5)cn4)ccc3C2=O)C(=O)N1. The molecule has 3 aliphatic rings. The maximum atomic E-state index is 12.8. The Labute approximate surface area is 183 Å². The second-order valence-corrected chi connectivity index (χ2v) is 8.14. The number of anilines is 1. The number of carbonyl (C=O) groups is 4. The summed E-state index contributed by atoms with van der Waals surface area (Å²) in [5.74, 6) is -0.755. The number of fused-ring (bicyclic) bond motifs is 1. The van der Waals surface area contributed by atoms with Crippen LogP contribution in [0.1, 0.15) is 58.4 Å². The summed E-state index contributed by atoms with van der Waals surface area (Å²) >= 11 is 0. The van der Waals surface area contributed by atoms with Crippen molar-refractivity contribution in [3.05, 3.63) is 47.3 Å². The summed E-state index contributed by atoms with van der Waals surface area (Å²) in [4.78, 5) is 58.8. The lowest BCUT2D eigenvalue weighted by Crippen LogP contribution is -2.52. The number of nitrogens with zero attached hydrogens (tertiary/aromatic N) is 3. The molecule has 5 rings (SSSR count). The van der Waals surface area contributed by atoms with Gasteiger partial charge >= 0.3 is 0 Å². The van der Waals surface area contributed by atoms with E-state index in [0.29, 0.717) is 22.6 Å². The highest BCUT2D eigenvalue weighted by Crippen LogP contribution is 2.28. The first-order valence-electron chi connectivity index (χ1n) is 10.6. The third-order valence-electron chi connectivity index (χ3n) is 6.00. The van der Waals surface area contributed by atoms with Crippen molar-refractivity contribution in [2.75, 3.05) is 5.32 Å². The molecule has 1 aliphatic carbocycles. The van der Waals surface area contributed by atoms with Crippen LogP contribution in [0, 0.1) is 0 Å². The van der Waals surface area contributed by atoms with E-state index in [-0.39, 0.29) is 49.0 Å². The minimum absolute atomic E-state index is 0.190. The fourth-order valence-electron chi connectivity index (χ4n) is 4.01. The van der Waals surface area contributed by atoms with Crippen molar-refractivity contribution >= 4 is 29.4 Å². The van der Waals surface area contributed by atoms with Crippen molar-refractivity contribution in [2.45, 2.75) is 50.8 Å². The Hall–Kier alpha value is -3.82. The van der Waals surface area contributed by atoms with Crippen LogP contribution in [0.4, 0.5) is 5.82 Å². The Morgan fingerprint density at radius 1 is 1.12 bits per heavy atom. The van der Waals surface area contributed by atoms with Gasteiger partial charge in [0.1, 0.15) is 12.1 Å². The summed E-state index contributed by atoms with van der Waals surface area (Å²) in [5.41, 5.74) is 1.46. The van der Waals surface area contributed by atoms with E-state index >= 15 is 0 Å². The van der Waals surface area contributed by atoms with Gasteiger partial charge in [-0.2, -0.15) is 0 Å². The minimum atomic E-state index is -0.694. The maximum Gasteiger partial charge on any atom is 0.256 e. The second-order valence-electron chi connectivity index (χ2n) is 8.14. The Morgan fingerprint density at radius 3 is 2.66 bits per heavy atom. The molecule has 0 radical (unpaired) electrons. The number of benzene rings is 1. The smallest absolute Gasteiger partial charge is 0.256 e. The predicted octanol–water partition coefficient (Wildman–Crippen LogP) is 1.42. The van der Waals surface area contributed by atoms with Gasteiger partial charge in [0, 0.05) is 24.1 Å². The molecule has 164 valence electrons. The summed E-state index contributed by atoms with van der Waals surface area (Å²) in [7, 11) is 0. The quantitative estimate of drug-likeness (QED) is 0.679. The number of ether oxygens (including phenoxy) is 1. The molecule has 2 aliphatic heterocycles. The van der Waals surface area contributed by atoms with Gasteiger partial charge in [-0.05, 0) is 49.4 Å². The average Bonchev–Trinajstić information content (AvgIpc) is 3.07. The van der Waals surface area contributed by atoms with E-state index in [4.69, 9.17) is 4.74 Å². The second kappa shape index (κ2) is 8.03. The fraction of sp³-hybridized carbons (Fsp3) is 0.364. The highest BCUT2D eigenvalue weighted by molar-refractivity contribution is 6.07. The van der Waals surface area contributed by atoms with Crippen LogP contribution in [0.25, 0.3) is 0 Å². The van der Waals surface area contributed by atoms with Crippen molar-refractivity contribution in [1.29, 1.82) is 0 Å². The van der Waals surface area contributed by atoms with Gasteiger partial charge < -0.3 is 15.0 Å². The van der Waals surface area contributed by atoms with Gasteiger partial charge in [-0.1, -0.05) is 0 Å². The molecule has 1 aromatic heterocycles. The molecule has 1 saturated heterocycles. The van der Waals surface area contributed by atoms with Crippen LogP contribution in [-0.4, -0.2) is 50.6 Å². The lowest BCUT2D eigenvalue weighted by Gasteiger charge is -2.29. The van der Waals surface area contributed by atoms with Crippen LogP contribution < -0.4 is 15.4 Å². The number of imide groups is 1. The molecule has 10 nitrogen and oxygen atoms in total. The molecule has 1 saturated carbocycles. The van der Waals surface area contributed by atoms with E-state index in [1.54, 1.807) is 18.2 Å². The monoisotopic (exact) mass is 435 g/mol. The van der Waals surface area contributed by atoms with Gasteiger partial charge in [0.05, 0.1) is 12.4 Å². The third kappa shape index (κ3) is 3.79. The first kappa shape index (κ1) is 20.1. The van der Waals surface area contributed by atoms with Crippen molar-refractivity contribution in [1.82, 2.24) is 20.2 Å². The summed E-state index contributed by atoms with van der Waals surface area (Å²) in [6, 6.07) is 4.08. The number of hydrogen-bond acceptors (Lipinski definition) is 7. The summed E-state index contributed by atoms with van der Waals surface area (Å²) in [5, 5.41) is 4.96. The van der Waals surface area contributed by atoms with E-state index in [2.05, 4.69) is 20.6 Å². The van der Waals surface area contributed by atoms with E-state index in [1.165, 1.54) is 17.3 Å². The Morgan fingerprint density at radius 2 is 1.97 bits per heavy atom. The standard InChI is InChI=1S/C22H21N5O5/c28-18-7-6-16(21(30)26-18)27-11-13-8-12(4-5-15(13)22(27)31)20(29)25-17-9-24-19(10-23-17)32-14-2-1-3-14/h4-5,8-10,14,16H,1-3,6-7,11H2,(H,23,25,29)(H,26,28,30). The molecule has 2 N–H and O–H groups in total. The zero-order chi connectivity index (χ0) is 22.2. The van der Waals surface area contributed by atoms with Crippen molar-refractivity contribution in [3.8, 4) is 5.88 Å². The molecule has 0 bridgehead atoms. The molecule has 4 amide bonds. The number of carbonyl (C=O) groups excluding carboxylic acids is 4. The number of rotatable bonds is 5. The van der Waals surface area contributed by atoms with Gasteiger partial charge in [-0.3, -0.25) is 24.5 Å². The van der Waals surface area contributed by atoms with Gasteiger partial charge in [0.15, 0.2) is 5.82 Å². The van der Waals surface area contributed by atoms with Gasteiger partial charge in [-0.25, -0.2) is 9.97 Å². The van der Waals surface area contributed by atoms with Crippen LogP contribution in [0.2, 0.25) is 0 Å². The maximum absolute atomic E-state index is 12.8. The van der Waals surface area contributed by atoms with Gasteiger partial charge in [0.25, 0.3) is 11.8 Å². The summed E-state index contributed by atoms with van der Waals surface area (Å²) in [6.07, 6.45) is 6.78. The molecule has 10 heteroatoms. The summed E-state index contributed by atoms with van der Waals surface area (Å²) < 4.78 is 5.66. The number of hydrogen-bond donors (Lipinski definition) is 2. The van der Waals surface area contributed by atoms with Gasteiger partial charge in [0.2, 0.25) is 17.7 Å². The van der Waals surface area contributed by atoms with Crippen molar-refractivity contribution in [3.63, 3.8) is 0 Å². The Kier molecular flexibility index (Phi) is 5.04. The molecule has 32 heavy (non-hydrogen) atoms. The minimum Gasteiger partial charge on any atom is -0.473 e. The first-order chi connectivity index (χ1) is 15.5. The number of nitrogens with one attached hydrogen (secondary N) is 2. The highest BCUT2D eigenvalue weighted by atomic mass is 16.5. The zero-order valence-electron chi connectivity index (χ0n) is 17.2. The number of amides is 4. The van der Waals surface area contributed by atoms with Crippen LogP contribution in [-0.2, 0) is 16.1 Å². The van der Waals surface area contributed by atoms with Gasteiger partial charge in [-0.15, -0.1) is 0 Å². The molecule has 1 unspecified atom stereocenters. The Bertz CT molecular complexity index is 1110. The topological polar surface area (TPSA) is 131 Å². The molecule has 3 heterocycles. The van der Waals surface area contributed by atoms with Crippen molar-refractivity contribution < 1.29 is 23.9 Å². The largest absolute Gasteiger partial charge is 0.473 e. The normalized spacial score (nSPS) is 20.4. The third-order valence-corrected chi connectivity index (χ3v) is 6.00. The molecule has 2 aromatic rings. The number of aromatic nitrogens is 2. The molecule has 2 fully saturated rings. The lowest BCUT2D eigenvalue weighted by atomic mass is 9.96. The van der Waals surface area contributed by atoms with E-state index in [0.717, 1.165) is 19.3 Å². The zero-order valence-corrected chi connectivity index (χ0v) is 17.2. The van der Waals surface area contributed by atoms with E-state index < -0.39 is 11.9 Å². The van der Waals surface area contributed by atoms with Crippen molar-refractivity contribution in [2.24, 2.45) is 0 Å². The van der Waals surface area contributed by atoms with Crippen LogP contribution in [0.3, 0.4) is 0 Å². The highest BCUT2D eigenvalue weighted by Gasteiger charge is 2.39. The predicted molar refractivity (Wildman–Crippen MR) is 111 cm³/mol. The molecular weight excluding hydrogens is 414 g/mol.